The Morgan fingerprint density at radius 3 is 2.48 bits per heavy atom. The summed E-state index contributed by atoms with van der Waals surface area (Å²) in [5.41, 5.74) is 0. The van der Waals surface area contributed by atoms with Gasteiger partial charge in [0.25, 0.3) is 0 Å². The van der Waals surface area contributed by atoms with Crippen LogP contribution in [0.1, 0.15) is 19.8 Å². The largest absolute Gasteiger partial charge is 0.494 e. The third-order valence-corrected chi connectivity index (χ3v) is 4.26. The van der Waals surface area contributed by atoms with Gasteiger partial charge in [0.05, 0.1) is 6.61 Å². The average Bonchev–Trinajstić information content (AvgIpc) is 2.55. The van der Waals surface area contributed by atoms with Crippen LogP contribution in [0.25, 0.3) is 0 Å². The molecule has 0 aliphatic carbocycles. The minimum atomic E-state index is -0.470. The van der Waals surface area contributed by atoms with Gasteiger partial charge in [-0.05, 0) is 64.7 Å². The Balaban J connectivity index is 1.73. The molecule has 2 atom stereocenters. The minimum Gasteiger partial charge on any atom is -0.494 e. The van der Waals surface area contributed by atoms with Crippen molar-refractivity contribution in [3.8, 4) is 11.5 Å². The maximum absolute atomic E-state index is 10.2. The highest BCUT2D eigenvalue weighted by Gasteiger charge is 2.23. The topological polar surface area (TPSA) is 45.2 Å². The molecule has 0 saturated carbocycles. The van der Waals surface area contributed by atoms with Crippen LogP contribution in [0.15, 0.2) is 24.3 Å². The molecule has 0 spiro atoms. The molecule has 130 valence electrons. The van der Waals surface area contributed by atoms with Crippen LogP contribution in [-0.2, 0) is 0 Å². The van der Waals surface area contributed by atoms with Gasteiger partial charge in [-0.25, -0.2) is 0 Å². The van der Waals surface area contributed by atoms with Gasteiger partial charge >= 0.3 is 0 Å². The summed E-state index contributed by atoms with van der Waals surface area (Å²) in [6.45, 7) is 5.68. The first kappa shape index (κ1) is 18.0. The minimum absolute atomic E-state index is 0.317. The van der Waals surface area contributed by atoms with Crippen LogP contribution in [0.2, 0.25) is 0 Å². The number of nitrogens with zero attached hydrogens (tertiary/aromatic N) is 2. The van der Waals surface area contributed by atoms with Gasteiger partial charge in [0, 0.05) is 19.1 Å². The van der Waals surface area contributed by atoms with Gasteiger partial charge in [-0.15, -0.1) is 0 Å². The smallest absolute Gasteiger partial charge is 0.119 e. The second kappa shape index (κ2) is 9.11. The molecule has 1 aliphatic heterocycles. The predicted molar refractivity (Wildman–Crippen MR) is 92.3 cm³/mol. The van der Waals surface area contributed by atoms with E-state index in [1.807, 2.05) is 31.2 Å². The molecule has 0 bridgehead atoms. The van der Waals surface area contributed by atoms with E-state index in [4.69, 9.17) is 9.47 Å². The number of hydrogen-bond acceptors (Lipinski definition) is 5. The summed E-state index contributed by atoms with van der Waals surface area (Å²) in [7, 11) is 4.25. The van der Waals surface area contributed by atoms with Crippen molar-refractivity contribution >= 4 is 0 Å². The molecule has 1 aromatic carbocycles. The summed E-state index contributed by atoms with van der Waals surface area (Å²) in [6.07, 6.45) is 1.96. The Bertz CT molecular complexity index is 450. The third kappa shape index (κ3) is 6.01. The van der Waals surface area contributed by atoms with Crippen LogP contribution in [0, 0.1) is 0 Å². The predicted octanol–water partition coefficient (Wildman–Crippen LogP) is 1.85. The quantitative estimate of drug-likeness (QED) is 0.791. The fraction of sp³-hybridized carbons (Fsp3) is 0.667. The molecule has 23 heavy (non-hydrogen) atoms. The third-order valence-electron chi connectivity index (χ3n) is 4.26. The van der Waals surface area contributed by atoms with Gasteiger partial charge in [-0.2, -0.15) is 0 Å². The van der Waals surface area contributed by atoms with E-state index in [2.05, 4.69) is 23.9 Å². The molecule has 1 aliphatic rings. The first-order valence-corrected chi connectivity index (χ1v) is 8.51. The van der Waals surface area contributed by atoms with Crippen molar-refractivity contribution in [1.29, 1.82) is 0 Å². The zero-order chi connectivity index (χ0) is 16.7. The maximum atomic E-state index is 10.2. The van der Waals surface area contributed by atoms with E-state index < -0.39 is 6.10 Å². The molecule has 0 aromatic heterocycles. The van der Waals surface area contributed by atoms with Gasteiger partial charge in [-0.3, -0.25) is 4.90 Å². The lowest BCUT2D eigenvalue weighted by Crippen LogP contribution is -2.48. The lowest BCUT2D eigenvalue weighted by atomic mass is 10.0. The Kier molecular flexibility index (Phi) is 7.15. The van der Waals surface area contributed by atoms with Gasteiger partial charge in [-0.1, -0.05) is 0 Å². The molecule has 2 rings (SSSR count). The molecule has 5 heteroatoms. The lowest BCUT2D eigenvalue weighted by molar-refractivity contribution is 0.0456. The van der Waals surface area contributed by atoms with Crippen molar-refractivity contribution < 1.29 is 14.6 Å². The van der Waals surface area contributed by atoms with Crippen molar-refractivity contribution in [2.75, 3.05) is 46.9 Å². The van der Waals surface area contributed by atoms with Crippen molar-refractivity contribution in [3.63, 3.8) is 0 Å². The highest BCUT2D eigenvalue weighted by molar-refractivity contribution is 5.31. The van der Waals surface area contributed by atoms with Crippen LogP contribution in [0.3, 0.4) is 0 Å². The second-order valence-corrected chi connectivity index (χ2v) is 6.39. The SMILES string of the molecule is CCOc1ccc(OCC(O)CN2CCCC(N(C)C)C2)cc1. The summed E-state index contributed by atoms with van der Waals surface area (Å²) in [5.74, 6) is 1.60. The summed E-state index contributed by atoms with van der Waals surface area (Å²) in [5, 5.41) is 10.2. The number of piperidine rings is 1. The first-order valence-electron chi connectivity index (χ1n) is 8.51. The molecule has 0 amide bonds. The standard InChI is InChI=1S/C18H30N2O3/c1-4-22-17-7-9-18(10-8-17)23-14-16(21)13-20-11-5-6-15(12-20)19(2)3/h7-10,15-16,21H,4-6,11-14H2,1-3H3. The van der Waals surface area contributed by atoms with Crippen LogP contribution in [0.5, 0.6) is 11.5 Å². The van der Waals surface area contributed by atoms with Crippen LogP contribution >= 0.6 is 0 Å². The number of likely N-dealkylation sites (N-methyl/N-ethyl adjacent to an activating group) is 1. The molecule has 1 N–H and O–H groups in total. The first-order chi connectivity index (χ1) is 11.1. The molecule has 5 nitrogen and oxygen atoms in total. The summed E-state index contributed by atoms with van der Waals surface area (Å²) in [4.78, 5) is 4.61. The van der Waals surface area contributed by atoms with Crippen molar-refractivity contribution in [2.45, 2.75) is 31.9 Å². The molecule has 1 saturated heterocycles. The molecule has 2 unspecified atom stereocenters. The molecule has 1 fully saturated rings. The summed E-state index contributed by atoms with van der Waals surface area (Å²) < 4.78 is 11.1. The van der Waals surface area contributed by atoms with E-state index in [1.54, 1.807) is 0 Å². The Morgan fingerprint density at radius 1 is 1.22 bits per heavy atom. The number of benzene rings is 1. The van der Waals surface area contributed by atoms with Crippen LogP contribution < -0.4 is 9.47 Å². The highest BCUT2D eigenvalue weighted by Crippen LogP contribution is 2.18. The Labute approximate surface area is 139 Å². The molecular weight excluding hydrogens is 292 g/mol. The number of rotatable bonds is 8. The van der Waals surface area contributed by atoms with Crippen molar-refractivity contribution in [2.24, 2.45) is 0 Å². The molecule has 0 radical (unpaired) electrons. The number of β-amino-alcohol motifs (C(OH)–C–C–N with tert-alkyl or cyclic N) is 1. The Morgan fingerprint density at radius 2 is 1.87 bits per heavy atom. The van der Waals surface area contributed by atoms with Gasteiger partial charge in [0.1, 0.15) is 24.2 Å². The number of ether oxygens (including phenoxy) is 2. The summed E-state index contributed by atoms with van der Waals surface area (Å²) in [6, 6.07) is 8.11. The molecular formula is C18H30N2O3. The van der Waals surface area contributed by atoms with Crippen LogP contribution in [0.4, 0.5) is 0 Å². The number of aliphatic hydroxyl groups excluding tert-OH is 1. The lowest BCUT2D eigenvalue weighted by Gasteiger charge is -2.36. The van der Waals surface area contributed by atoms with E-state index in [9.17, 15) is 5.11 Å². The van der Waals surface area contributed by atoms with E-state index >= 15 is 0 Å². The van der Waals surface area contributed by atoms with Gasteiger partial charge < -0.3 is 19.5 Å². The maximum Gasteiger partial charge on any atom is 0.119 e. The number of hydrogen-bond donors (Lipinski definition) is 1. The number of likely N-dealkylation sites (tertiary alicyclic amines) is 1. The van der Waals surface area contributed by atoms with E-state index in [-0.39, 0.29) is 0 Å². The van der Waals surface area contributed by atoms with E-state index in [0.717, 1.165) is 24.6 Å². The normalized spacial score (nSPS) is 20.5. The average molecular weight is 322 g/mol. The number of aliphatic hydroxyl groups is 1. The van der Waals surface area contributed by atoms with Crippen LogP contribution in [-0.4, -0.2) is 74.0 Å². The second-order valence-electron chi connectivity index (χ2n) is 6.39. The molecule has 1 heterocycles. The van der Waals surface area contributed by atoms with Crippen molar-refractivity contribution in [1.82, 2.24) is 9.80 Å². The fourth-order valence-corrected chi connectivity index (χ4v) is 2.96. The monoisotopic (exact) mass is 322 g/mol. The van der Waals surface area contributed by atoms with Gasteiger partial charge in [0.2, 0.25) is 0 Å². The van der Waals surface area contributed by atoms with Gasteiger partial charge in [0.15, 0.2) is 0 Å². The van der Waals surface area contributed by atoms with E-state index in [0.29, 0.717) is 25.8 Å². The highest BCUT2D eigenvalue weighted by atomic mass is 16.5. The zero-order valence-corrected chi connectivity index (χ0v) is 14.6. The van der Waals surface area contributed by atoms with Crippen molar-refractivity contribution in [3.05, 3.63) is 24.3 Å². The fourth-order valence-electron chi connectivity index (χ4n) is 2.96. The zero-order valence-electron chi connectivity index (χ0n) is 14.6. The summed E-state index contributed by atoms with van der Waals surface area (Å²) >= 11 is 0. The molecule has 1 aromatic rings. The van der Waals surface area contributed by atoms with E-state index in [1.165, 1.54) is 12.8 Å². The Hall–Kier alpha value is -1.30.